The lowest BCUT2D eigenvalue weighted by molar-refractivity contribution is 0.349. The minimum absolute atomic E-state index is 0.432. The molecule has 1 heterocycles. The number of fused-ring (bicyclic) bond motifs is 1. The van der Waals surface area contributed by atoms with Crippen LogP contribution in [0.1, 0.15) is 64.2 Å². The second kappa shape index (κ2) is 7.69. The van der Waals surface area contributed by atoms with E-state index < -0.39 is 0 Å². The fourth-order valence-electron chi connectivity index (χ4n) is 2.32. The molecule has 0 atom stereocenters. The molecule has 1 aromatic rings. The Hall–Kier alpha value is -0.820. The predicted molar refractivity (Wildman–Crippen MR) is 85.6 cm³/mol. The van der Waals surface area contributed by atoms with Crippen molar-refractivity contribution in [2.75, 3.05) is 6.54 Å². The van der Waals surface area contributed by atoms with Crippen molar-refractivity contribution in [2.24, 2.45) is 5.41 Å². The Labute approximate surface area is 119 Å². The molecule has 0 fully saturated rings. The van der Waals surface area contributed by atoms with Gasteiger partial charge in [0.15, 0.2) is 0 Å². The van der Waals surface area contributed by atoms with Crippen LogP contribution in [0.25, 0.3) is 0 Å². The van der Waals surface area contributed by atoms with Gasteiger partial charge in [0.2, 0.25) is 0 Å². The summed E-state index contributed by atoms with van der Waals surface area (Å²) in [4.78, 5) is 0. The summed E-state index contributed by atoms with van der Waals surface area (Å²) in [7, 11) is 0. The van der Waals surface area contributed by atoms with Gasteiger partial charge in [-0.1, -0.05) is 65.7 Å². The molecule has 0 spiro atoms. The van der Waals surface area contributed by atoms with Gasteiger partial charge >= 0.3 is 0 Å². The zero-order valence-corrected chi connectivity index (χ0v) is 13.5. The van der Waals surface area contributed by atoms with E-state index >= 15 is 0 Å². The van der Waals surface area contributed by atoms with Crippen molar-refractivity contribution in [1.82, 2.24) is 5.32 Å². The zero-order chi connectivity index (χ0) is 14.3. The number of rotatable bonds is 3. The van der Waals surface area contributed by atoms with Crippen molar-refractivity contribution in [3.63, 3.8) is 0 Å². The highest BCUT2D eigenvalue weighted by atomic mass is 14.9. The van der Waals surface area contributed by atoms with Crippen LogP contribution in [0.5, 0.6) is 0 Å². The normalized spacial score (nSPS) is 14.4. The molecule has 0 aromatic heterocycles. The highest BCUT2D eigenvalue weighted by molar-refractivity contribution is 5.34. The minimum Gasteiger partial charge on any atom is -0.312 e. The Kier molecular flexibility index (Phi) is 6.57. The van der Waals surface area contributed by atoms with Crippen molar-refractivity contribution in [3.8, 4) is 0 Å². The molecule has 0 aliphatic carbocycles. The first-order chi connectivity index (χ1) is 9.02. The van der Waals surface area contributed by atoms with Crippen LogP contribution < -0.4 is 5.32 Å². The molecule has 1 aliphatic rings. The van der Waals surface area contributed by atoms with Crippen LogP contribution in [-0.4, -0.2) is 6.54 Å². The van der Waals surface area contributed by atoms with Crippen LogP contribution in [0.15, 0.2) is 18.2 Å². The molecule has 0 saturated carbocycles. The number of nitrogens with one attached hydrogen (secondary N) is 1. The van der Waals surface area contributed by atoms with Crippen molar-refractivity contribution in [1.29, 1.82) is 0 Å². The van der Waals surface area contributed by atoms with Gasteiger partial charge in [0.25, 0.3) is 0 Å². The summed E-state index contributed by atoms with van der Waals surface area (Å²) in [6.45, 7) is 13.4. The minimum atomic E-state index is 0.432. The first-order valence-electron chi connectivity index (χ1n) is 7.83. The van der Waals surface area contributed by atoms with Crippen LogP contribution >= 0.6 is 0 Å². The van der Waals surface area contributed by atoms with E-state index in [2.05, 4.69) is 58.1 Å². The maximum absolute atomic E-state index is 3.42. The van der Waals surface area contributed by atoms with E-state index in [9.17, 15) is 0 Å². The summed E-state index contributed by atoms with van der Waals surface area (Å²) >= 11 is 0. The lowest BCUT2D eigenvalue weighted by Crippen LogP contribution is -2.24. The highest BCUT2D eigenvalue weighted by Gasteiger charge is 2.17. The molecule has 0 bridgehead atoms. The average molecular weight is 261 g/mol. The standard InChI is InChI=1S/C15H23N.C3H8/c1-4-15(2,3)10-12-5-6-14-11-16-8-7-13(14)9-12;1-3-2/h5-6,9,16H,4,7-8,10-11H2,1-3H3;3H2,1-2H3. The van der Waals surface area contributed by atoms with E-state index in [0.29, 0.717) is 5.41 Å². The van der Waals surface area contributed by atoms with Gasteiger partial charge in [0.05, 0.1) is 0 Å². The van der Waals surface area contributed by atoms with E-state index in [-0.39, 0.29) is 0 Å². The molecule has 1 heteroatoms. The van der Waals surface area contributed by atoms with Crippen molar-refractivity contribution in [2.45, 2.75) is 66.8 Å². The van der Waals surface area contributed by atoms with E-state index in [1.807, 2.05) is 0 Å². The molecule has 19 heavy (non-hydrogen) atoms. The fraction of sp³-hybridized carbons (Fsp3) is 0.667. The maximum atomic E-state index is 3.42. The largest absolute Gasteiger partial charge is 0.312 e. The van der Waals surface area contributed by atoms with E-state index in [0.717, 1.165) is 13.1 Å². The second-order valence-corrected chi connectivity index (χ2v) is 6.43. The number of benzene rings is 1. The van der Waals surface area contributed by atoms with Gasteiger partial charge in [-0.05, 0) is 41.5 Å². The summed E-state index contributed by atoms with van der Waals surface area (Å²) in [5, 5.41) is 3.42. The van der Waals surface area contributed by atoms with Gasteiger partial charge in [-0.25, -0.2) is 0 Å². The number of hydrogen-bond donors (Lipinski definition) is 1. The summed E-state index contributed by atoms with van der Waals surface area (Å²) < 4.78 is 0. The molecule has 0 amide bonds. The third-order valence-corrected chi connectivity index (χ3v) is 3.80. The lowest BCUT2D eigenvalue weighted by atomic mass is 9.82. The molecular weight excluding hydrogens is 230 g/mol. The van der Waals surface area contributed by atoms with Gasteiger partial charge < -0.3 is 5.32 Å². The van der Waals surface area contributed by atoms with Crippen LogP contribution in [0.2, 0.25) is 0 Å². The van der Waals surface area contributed by atoms with Crippen molar-refractivity contribution < 1.29 is 0 Å². The zero-order valence-electron chi connectivity index (χ0n) is 13.5. The van der Waals surface area contributed by atoms with Crippen LogP contribution in [0, 0.1) is 5.41 Å². The molecule has 1 aliphatic heterocycles. The summed E-state index contributed by atoms with van der Waals surface area (Å²) in [6.07, 6.45) is 4.88. The Balaban J connectivity index is 0.000000550. The molecule has 0 radical (unpaired) electrons. The maximum Gasteiger partial charge on any atom is 0.0208 e. The summed E-state index contributed by atoms with van der Waals surface area (Å²) in [5.74, 6) is 0. The Morgan fingerprint density at radius 1 is 1.11 bits per heavy atom. The fourth-order valence-corrected chi connectivity index (χ4v) is 2.32. The summed E-state index contributed by atoms with van der Waals surface area (Å²) in [6, 6.07) is 7.04. The SMILES string of the molecule is CCC.CCC(C)(C)Cc1ccc2c(c1)CCNC2. The first-order valence-corrected chi connectivity index (χ1v) is 7.83. The second-order valence-electron chi connectivity index (χ2n) is 6.43. The van der Waals surface area contributed by atoms with Gasteiger partial charge in [-0.15, -0.1) is 0 Å². The molecule has 0 saturated heterocycles. The van der Waals surface area contributed by atoms with Gasteiger partial charge in [-0.3, -0.25) is 0 Å². The van der Waals surface area contributed by atoms with Crippen LogP contribution in [-0.2, 0) is 19.4 Å². The molecule has 1 N–H and O–H groups in total. The van der Waals surface area contributed by atoms with Gasteiger partial charge in [0.1, 0.15) is 0 Å². The molecule has 2 rings (SSSR count). The topological polar surface area (TPSA) is 12.0 Å². The van der Waals surface area contributed by atoms with Crippen LogP contribution in [0.3, 0.4) is 0 Å². The third kappa shape index (κ3) is 5.36. The Morgan fingerprint density at radius 2 is 1.79 bits per heavy atom. The lowest BCUT2D eigenvalue weighted by Gasteiger charge is -2.24. The molecule has 0 unspecified atom stereocenters. The van der Waals surface area contributed by atoms with Crippen molar-refractivity contribution >= 4 is 0 Å². The Morgan fingerprint density at radius 3 is 2.42 bits per heavy atom. The molecule has 1 aromatic carbocycles. The van der Waals surface area contributed by atoms with Crippen LogP contribution in [0.4, 0.5) is 0 Å². The molecular formula is C18H31N. The van der Waals surface area contributed by atoms with Crippen molar-refractivity contribution in [3.05, 3.63) is 34.9 Å². The van der Waals surface area contributed by atoms with Gasteiger partial charge in [0, 0.05) is 6.54 Å². The smallest absolute Gasteiger partial charge is 0.0208 e. The van der Waals surface area contributed by atoms with E-state index in [4.69, 9.17) is 0 Å². The van der Waals surface area contributed by atoms with E-state index in [1.54, 1.807) is 5.56 Å². The molecule has 1 nitrogen and oxygen atoms in total. The first kappa shape index (κ1) is 16.2. The van der Waals surface area contributed by atoms with E-state index in [1.165, 1.54) is 36.8 Å². The quantitative estimate of drug-likeness (QED) is 0.829. The molecule has 108 valence electrons. The highest BCUT2D eigenvalue weighted by Crippen LogP contribution is 2.27. The monoisotopic (exact) mass is 261 g/mol. The average Bonchev–Trinajstić information content (AvgIpc) is 2.39. The predicted octanol–water partition coefficient (Wildman–Crippen LogP) is 4.73. The summed E-state index contributed by atoms with van der Waals surface area (Å²) in [5.41, 5.74) is 4.99. The Bertz CT molecular complexity index is 379. The number of hydrogen-bond acceptors (Lipinski definition) is 1. The third-order valence-electron chi connectivity index (χ3n) is 3.80. The van der Waals surface area contributed by atoms with Gasteiger partial charge in [-0.2, -0.15) is 0 Å².